The lowest BCUT2D eigenvalue weighted by Crippen LogP contribution is -2.02. The van der Waals surface area contributed by atoms with E-state index >= 15 is 0 Å². The summed E-state index contributed by atoms with van der Waals surface area (Å²) < 4.78 is 2.36. The Kier molecular flexibility index (Phi) is 6.52. The second-order valence-corrected chi connectivity index (χ2v) is 13.6. The fourth-order valence-corrected chi connectivity index (χ4v) is 8.12. The fourth-order valence-electron chi connectivity index (χ4n) is 8.12. The second-order valence-electron chi connectivity index (χ2n) is 13.6. The highest BCUT2D eigenvalue weighted by Crippen LogP contribution is 2.38. The topological polar surface area (TPSA) is 43.6 Å². The molecule has 0 spiro atoms. The van der Waals surface area contributed by atoms with Gasteiger partial charge in [-0.15, -0.1) is 0 Å². The van der Waals surface area contributed by atoms with Crippen molar-refractivity contribution in [1.82, 2.24) is 19.5 Å². The van der Waals surface area contributed by atoms with Crippen molar-refractivity contribution in [3.05, 3.63) is 182 Å². The molecule has 0 radical (unpaired) electrons. The summed E-state index contributed by atoms with van der Waals surface area (Å²) in [7, 11) is 0. The van der Waals surface area contributed by atoms with Crippen molar-refractivity contribution < 1.29 is 0 Å². The Balaban J connectivity index is 1.19. The Morgan fingerprint density at radius 3 is 1.58 bits per heavy atom. The molecule has 0 aliphatic carbocycles. The third-order valence-corrected chi connectivity index (χ3v) is 10.6. The normalized spacial score (nSPS) is 11.8. The predicted octanol–water partition coefficient (Wildman–Crippen LogP) is 12.6. The smallest absolute Gasteiger partial charge is 0.164 e. The zero-order valence-corrected chi connectivity index (χ0v) is 28.6. The van der Waals surface area contributed by atoms with E-state index in [1.165, 1.54) is 43.1 Å². The predicted molar refractivity (Wildman–Crippen MR) is 220 cm³/mol. The van der Waals surface area contributed by atoms with Crippen molar-refractivity contribution in [2.45, 2.75) is 0 Å². The molecule has 2 aromatic heterocycles. The summed E-state index contributed by atoms with van der Waals surface area (Å²) in [4.78, 5) is 15.7. The molecule has 0 amide bonds. The second kappa shape index (κ2) is 11.7. The number of fused-ring (bicyclic) bond motifs is 9. The summed E-state index contributed by atoms with van der Waals surface area (Å²) >= 11 is 0. The Morgan fingerprint density at radius 1 is 0.321 bits per heavy atom. The van der Waals surface area contributed by atoms with Gasteiger partial charge in [-0.1, -0.05) is 152 Å². The third kappa shape index (κ3) is 4.73. The van der Waals surface area contributed by atoms with Crippen LogP contribution in [0.1, 0.15) is 0 Å². The van der Waals surface area contributed by atoms with Crippen molar-refractivity contribution in [2.75, 3.05) is 0 Å². The van der Waals surface area contributed by atoms with E-state index in [-0.39, 0.29) is 0 Å². The van der Waals surface area contributed by atoms with Crippen molar-refractivity contribution in [2.24, 2.45) is 0 Å². The molecule has 0 atom stereocenters. The number of para-hydroxylation sites is 2. The molecule has 53 heavy (non-hydrogen) atoms. The van der Waals surface area contributed by atoms with Gasteiger partial charge in [0.2, 0.25) is 0 Å². The van der Waals surface area contributed by atoms with E-state index in [2.05, 4.69) is 168 Å². The molecule has 0 saturated heterocycles. The monoisotopic (exact) mass is 674 g/mol. The van der Waals surface area contributed by atoms with Gasteiger partial charge in [-0.3, -0.25) is 0 Å². The van der Waals surface area contributed by atoms with Crippen LogP contribution in [0.25, 0.3) is 105 Å². The van der Waals surface area contributed by atoms with Crippen LogP contribution in [0.2, 0.25) is 0 Å². The van der Waals surface area contributed by atoms with E-state index in [0.29, 0.717) is 17.5 Å². The molecular formula is C49H30N4. The zero-order chi connectivity index (χ0) is 34.9. The van der Waals surface area contributed by atoms with E-state index < -0.39 is 0 Å². The summed E-state index contributed by atoms with van der Waals surface area (Å²) in [5, 5.41) is 11.9. The van der Waals surface area contributed by atoms with Crippen molar-refractivity contribution in [3.63, 3.8) is 0 Å². The molecule has 0 saturated carbocycles. The standard InChI is InChI=1S/C49H30N4/c1-2-13-34(14-3-1)47-50-48(36-27-24-32-23-26-33-25-22-31-12-4-7-17-39(31)46(33)42(32)29-36)52-49(51-47)43-30-37(28-35-15-5-6-16-38(35)43)53-44-20-10-8-18-40(44)41-19-9-11-21-45(41)53/h1-30H. The molecule has 0 bridgehead atoms. The Bertz CT molecular complexity index is 3170. The van der Waals surface area contributed by atoms with E-state index in [9.17, 15) is 0 Å². The fraction of sp³-hybridized carbons (Fsp3) is 0. The highest BCUT2D eigenvalue weighted by atomic mass is 15.0. The van der Waals surface area contributed by atoms with Crippen molar-refractivity contribution in [1.29, 1.82) is 0 Å². The Labute approximate surface area is 305 Å². The highest BCUT2D eigenvalue weighted by Gasteiger charge is 2.19. The first-order chi connectivity index (χ1) is 26.3. The number of nitrogens with zero attached hydrogens (tertiary/aromatic N) is 4. The maximum Gasteiger partial charge on any atom is 0.164 e. The summed E-state index contributed by atoms with van der Waals surface area (Å²) in [6.45, 7) is 0. The molecule has 9 aromatic carbocycles. The van der Waals surface area contributed by atoms with Gasteiger partial charge >= 0.3 is 0 Å². The number of rotatable bonds is 4. The first-order valence-corrected chi connectivity index (χ1v) is 17.9. The summed E-state index contributed by atoms with van der Waals surface area (Å²) in [5.41, 5.74) is 6.22. The largest absolute Gasteiger partial charge is 0.309 e. The van der Waals surface area contributed by atoms with Crippen LogP contribution >= 0.6 is 0 Å². The van der Waals surface area contributed by atoms with Gasteiger partial charge in [-0.2, -0.15) is 0 Å². The SMILES string of the molecule is c1ccc(-c2nc(-c3ccc4ccc5ccc6ccccc6c5c4c3)nc(-c3cc(-n4c5ccccc5c5ccccc54)cc4ccccc34)n2)cc1. The average molecular weight is 675 g/mol. The van der Waals surface area contributed by atoms with Crippen molar-refractivity contribution >= 4 is 64.9 Å². The van der Waals surface area contributed by atoms with E-state index in [0.717, 1.165) is 44.2 Å². The van der Waals surface area contributed by atoms with Gasteiger partial charge in [-0.05, 0) is 73.4 Å². The molecule has 11 rings (SSSR count). The van der Waals surface area contributed by atoms with Gasteiger partial charge in [0.1, 0.15) is 0 Å². The van der Waals surface area contributed by atoms with Gasteiger partial charge in [0.15, 0.2) is 17.5 Å². The minimum absolute atomic E-state index is 0.635. The Hall–Kier alpha value is -7.17. The van der Waals surface area contributed by atoms with E-state index in [1.807, 2.05) is 18.2 Å². The van der Waals surface area contributed by atoms with Gasteiger partial charge in [0.05, 0.1) is 11.0 Å². The average Bonchev–Trinajstić information content (AvgIpc) is 3.57. The summed E-state index contributed by atoms with van der Waals surface area (Å²) in [5.74, 6) is 1.91. The number of hydrogen-bond acceptors (Lipinski definition) is 3. The van der Waals surface area contributed by atoms with Crippen LogP contribution in [0.4, 0.5) is 0 Å². The van der Waals surface area contributed by atoms with Crippen LogP contribution in [0.5, 0.6) is 0 Å². The van der Waals surface area contributed by atoms with Crippen LogP contribution < -0.4 is 0 Å². The molecule has 4 heteroatoms. The molecular weight excluding hydrogens is 645 g/mol. The molecule has 11 aromatic rings. The van der Waals surface area contributed by atoms with Crippen LogP contribution in [0.3, 0.4) is 0 Å². The van der Waals surface area contributed by atoms with Crippen LogP contribution in [0.15, 0.2) is 182 Å². The minimum Gasteiger partial charge on any atom is -0.309 e. The molecule has 4 nitrogen and oxygen atoms in total. The first kappa shape index (κ1) is 29.5. The molecule has 2 heterocycles. The number of aromatic nitrogens is 4. The van der Waals surface area contributed by atoms with Gasteiger partial charge in [0.25, 0.3) is 0 Å². The van der Waals surface area contributed by atoms with Gasteiger partial charge in [0, 0.05) is 33.2 Å². The molecule has 0 N–H and O–H groups in total. The van der Waals surface area contributed by atoms with E-state index in [1.54, 1.807) is 0 Å². The lowest BCUT2D eigenvalue weighted by atomic mass is 9.95. The lowest BCUT2D eigenvalue weighted by molar-refractivity contribution is 1.07. The molecule has 246 valence electrons. The molecule has 0 fully saturated rings. The number of benzene rings is 9. The maximum absolute atomic E-state index is 5.31. The van der Waals surface area contributed by atoms with E-state index in [4.69, 9.17) is 15.0 Å². The summed E-state index contributed by atoms with van der Waals surface area (Å²) in [6.07, 6.45) is 0. The number of hydrogen-bond donors (Lipinski definition) is 0. The zero-order valence-electron chi connectivity index (χ0n) is 28.6. The molecule has 0 unspecified atom stereocenters. The quantitative estimate of drug-likeness (QED) is 0.175. The highest BCUT2D eigenvalue weighted by molar-refractivity contribution is 6.20. The lowest BCUT2D eigenvalue weighted by Gasteiger charge is -2.15. The molecule has 0 aliphatic rings. The molecule has 0 aliphatic heterocycles. The van der Waals surface area contributed by atoms with Crippen LogP contribution in [-0.4, -0.2) is 19.5 Å². The van der Waals surface area contributed by atoms with Gasteiger partial charge in [-0.25, -0.2) is 15.0 Å². The van der Waals surface area contributed by atoms with Crippen LogP contribution in [0, 0.1) is 0 Å². The maximum atomic E-state index is 5.31. The summed E-state index contributed by atoms with van der Waals surface area (Å²) in [6, 6.07) is 64.6. The van der Waals surface area contributed by atoms with Crippen LogP contribution in [-0.2, 0) is 0 Å². The first-order valence-electron chi connectivity index (χ1n) is 17.9. The minimum atomic E-state index is 0.635. The van der Waals surface area contributed by atoms with Crippen molar-refractivity contribution in [3.8, 4) is 39.9 Å². The third-order valence-electron chi connectivity index (χ3n) is 10.6. The Morgan fingerprint density at radius 2 is 0.849 bits per heavy atom. The van der Waals surface area contributed by atoms with Gasteiger partial charge < -0.3 is 4.57 Å².